The number of carbonyl (C=O) groups is 1. The van der Waals surface area contributed by atoms with Crippen molar-refractivity contribution in [1.29, 1.82) is 0 Å². The Balaban J connectivity index is 1.84. The molecule has 0 bridgehead atoms. The number of piperidine rings is 1. The molecular formula is C19H21NO2. The van der Waals surface area contributed by atoms with Crippen molar-refractivity contribution in [3.05, 3.63) is 60.2 Å². The molecule has 0 unspecified atom stereocenters. The van der Waals surface area contributed by atoms with Crippen LogP contribution in [0.15, 0.2) is 54.6 Å². The van der Waals surface area contributed by atoms with Crippen molar-refractivity contribution < 1.29 is 9.90 Å². The summed E-state index contributed by atoms with van der Waals surface area (Å²) in [5.41, 5.74) is 3.14. The van der Waals surface area contributed by atoms with Gasteiger partial charge in [-0.2, -0.15) is 0 Å². The van der Waals surface area contributed by atoms with Gasteiger partial charge in [0, 0.05) is 0 Å². The number of likely N-dealkylation sites (tertiary alicyclic amines) is 1. The summed E-state index contributed by atoms with van der Waals surface area (Å²) in [6.45, 7) is 1.74. The fourth-order valence-corrected chi connectivity index (χ4v) is 3.17. The second kappa shape index (κ2) is 6.75. The largest absolute Gasteiger partial charge is 0.480 e. The fraction of sp³-hybridized carbons (Fsp3) is 0.316. The molecule has 1 atom stereocenters. The van der Waals surface area contributed by atoms with Crippen molar-refractivity contribution in [2.45, 2.75) is 25.3 Å². The molecule has 1 aliphatic rings. The summed E-state index contributed by atoms with van der Waals surface area (Å²) in [7, 11) is 0. The van der Waals surface area contributed by atoms with Crippen LogP contribution in [-0.4, -0.2) is 29.1 Å². The van der Waals surface area contributed by atoms with Gasteiger partial charge < -0.3 is 5.11 Å². The van der Waals surface area contributed by atoms with Gasteiger partial charge in [-0.15, -0.1) is 0 Å². The molecule has 114 valence electrons. The van der Waals surface area contributed by atoms with Crippen molar-refractivity contribution in [2.75, 3.05) is 13.1 Å². The van der Waals surface area contributed by atoms with E-state index in [0.29, 0.717) is 0 Å². The van der Waals surface area contributed by atoms with Gasteiger partial charge in [-0.3, -0.25) is 9.69 Å². The molecule has 0 radical (unpaired) electrons. The summed E-state index contributed by atoms with van der Waals surface area (Å²) < 4.78 is 0. The second-order valence-electron chi connectivity index (χ2n) is 5.83. The number of benzene rings is 2. The minimum Gasteiger partial charge on any atom is -0.480 e. The van der Waals surface area contributed by atoms with E-state index in [2.05, 4.69) is 17.0 Å². The van der Waals surface area contributed by atoms with Crippen molar-refractivity contribution in [1.82, 2.24) is 4.90 Å². The zero-order valence-corrected chi connectivity index (χ0v) is 12.6. The molecule has 0 saturated carbocycles. The molecule has 3 heteroatoms. The lowest BCUT2D eigenvalue weighted by Gasteiger charge is -2.32. The molecule has 1 saturated heterocycles. The molecule has 0 aromatic heterocycles. The van der Waals surface area contributed by atoms with Crippen LogP contribution in [0.5, 0.6) is 0 Å². The maximum atomic E-state index is 11.7. The molecule has 3 rings (SSSR count). The molecule has 2 aromatic rings. The summed E-state index contributed by atoms with van der Waals surface area (Å²) in [6, 6.07) is 17.6. The van der Waals surface area contributed by atoms with Crippen LogP contribution >= 0.6 is 0 Å². The monoisotopic (exact) mass is 295 g/mol. The minimum absolute atomic E-state index is 0.523. The summed E-state index contributed by atoms with van der Waals surface area (Å²) in [5.74, 6) is -0.755. The topological polar surface area (TPSA) is 40.5 Å². The van der Waals surface area contributed by atoms with Gasteiger partial charge in [-0.05, 0) is 42.6 Å². The standard InChI is InChI=1S/C19H21NO2/c21-19(22)18(20-13-5-2-6-14-20)17-11-9-16(10-12-17)15-7-3-1-4-8-15/h1,3-4,7-12,18H,2,5-6,13-14H2,(H,21,22)/t18-/m0/s1. The zero-order chi connectivity index (χ0) is 15.4. The molecule has 0 aliphatic carbocycles. The fourth-order valence-electron chi connectivity index (χ4n) is 3.17. The van der Waals surface area contributed by atoms with Gasteiger partial charge in [-0.25, -0.2) is 0 Å². The predicted molar refractivity (Wildman–Crippen MR) is 87.7 cm³/mol. The van der Waals surface area contributed by atoms with E-state index in [1.807, 2.05) is 42.5 Å². The molecule has 0 spiro atoms. The van der Waals surface area contributed by atoms with E-state index in [1.54, 1.807) is 0 Å². The zero-order valence-electron chi connectivity index (χ0n) is 12.6. The van der Waals surface area contributed by atoms with E-state index in [-0.39, 0.29) is 0 Å². The normalized spacial score (nSPS) is 17.1. The van der Waals surface area contributed by atoms with Crippen LogP contribution in [-0.2, 0) is 4.79 Å². The highest BCUT2D eigenvalue weighted by Crippen LogP contribution is 2.27. The Kier molecular flexibility index (Phi) is 4.54. The molecular weight excluding hydrogens is 274 g/mol. The molecule has 1 N–H and O–H groups in total. The number of aliphatic carboxylic acids is 1. The van der Waals surface area contributed by atoms with Gasteiger partial charge in [0.05, 0.1) is 0 Å². The first-order chi connectivity index (χ1) is 10.8. The van der Waals surface area contributed by atoms with Crippen molar-refractivity contribution in [3.63, 3.8) is 0 Å². The van der Waals surface area contributed by atoms with Crippen LogP contribution in [0.1, 0.15) is 30.9 Å². The Hall–Kier alpha value is -2.13. The number of hydrogen-bond donors (Lipinski definition) is 1. The van der Waals surface area contributed by atoms with Crippen LogP contribution in [0.4, 0.5) is 0 Å². The maximum Gasteiger partial charge on any atom is 0.325 e. The molecule has 22 heavy (non-hydrogen) atoms. The summed E-state index contributed by atoms with van der Waals surface area (Å²) >= 11 is 0. The lowest BCUT2D eigenvalue weighted by atomic mass is 9.98. The number of rotatable bonds is 4. The van der Waals surface area contributed by atoms with E-state index in [1.165, 1.54) is 6.42 Å². The number of nitrogens with zero attached hydrogens (tertiary/aromatic N) is 1. The average molecular weight is 295 g/mol. The highest BCUT2D eigenvalue weighted by Gasteiger charge is 2.28. The van der Waals surface area contributed by atoms with Crippen LogP contribution in [0.25, 0.3) is 11.1 Å². The molecule has 1 fully saturated rings. The van der Waals surface area contributed by atoms with E-state index in [9.17, 15) is 9.90 Å². The Labute approximate surface area is 131 Å². The predicted octanol–water partition coefficient (Wildman–Crippen LogP) is 3.97. The third-order valence-electron chi connectivity index (χ3n) is 4.32. The molecule has 0 amide bonds. The molecule has 1 heterocycles. The Morgan fingerprint density at radius 1 is 0.864 bits per heavy atom. The second-order valence-corrected chi connectivity index (χ2v) is 5.83. The average Bonchev–Trinajstić information content (AvgIpc) is 2.57. The first kappa shape index (κ1) is 14.8. The highest BCUT2D eigenvalue weighted by molar-refractivity contribution is 5.76. The van der Waals surface area contributed by atoms with Gasteiger partial charge in [0.25, 0.3) is 0 Å². The Bertz CT molecular complexity index is 616. The van der Waals surface area contributed by atoms with E-state index < -0.39 is 12.0 Å². The van der Waals surface area contributed by atoms with Gasteiger partial charge >= 0.3 is 5.97 Å². The lowest BCUT2D eigenvalue weighted by Crippen LogP contribution is -2.37. The van der Waals surface area contributed by atoms with Crippen molar-refractivity contribution in [3.8, 4) is 11.1 Å². The number of hydrogen-bond acceptors (Lipinski definition) is 2. The molecule has 3 nitrogen and oxygen atoms in total. The quantitative estimate of drug-likeness (QED) is 0.928. The van der Waals surface area contributed by atoms with Gasteiger partial charge in [-0.1, -0.05) is 61.0 Å². The Morgan fingerprint density at radius 3 is 2.05 bits per heavy atom. The lowest BCUT2D eigenvalue weighted by molar-refractivity contribution is -0.144. The van der Waals surface area contributed by atoms with Crippen LogP contribution in [0.2, 0.25) is 0 Å². The van der Waals surface area contributed by atoms with Crippen molar-refractivity contribution >= 4 is 5.97 Å². The maximum absolute atomic E-state index is 11.7. The molecule has 1 aliphatic heterocycles. The third kappa shape index (κ3) is 3.20. The SMILES string of the molecule is O=C(O)[C@H](c1ccc(-c2ccccc2)cc1)N1CCCCC1. The third-order valence-corrected chi connectivity index (χ3v) is 4.32. The van der Waals surface area contributed by atoms with Crippen molar-refractivity contribution in [2.24, 2.45) is 0 Å². The van der Waals surface area contributed by atoms with Crippen LogP contribution in [0, 0.1) is 0 Å². The highest BCUT2D eigenvalue weighted by atomic mass is 16.4. The van der Waals surface area contributed by atoms with Gasteiger partial charge in [0.2, 0.25) is 0 Å². The smallest absolute Gasteiger partial charge is 0.325 e. The molecule has 2 aromatic carbocycles. The van der Waals surface area contributed by atoms with Crippen LogP contribution < -0.4 is 0 Å². The van der Waals surface area contributed by atoms with E-state index in [4.69, 9.17) is 0 Å². The first-order valence-electron chi connectivity index (χ1n) is 7.88. The van der Waals surface area contributed by atoms with Gasteiger partial charge in [0.15, 0.2) is 0 Å². The van der Waals surface area contributed by atoms with E-state index in [0.717, 1.165) is 42.6 Å². The summed E-state index contributed by atoms with van der Waals surface area (Å²) in [5, 5.41) is 9.62. The van der Waals surface area contributed by atoms with Gasteiger partial charge in [0.1, 0.15) is 6.04 Å². The summed E-state index contributed by atoms with van der Waals surface area (Å²) in [6.07, 6.45) is 3.38. The van der Waals surface area contributed by atoms with Crippen LogP contribution in [0.3, 0.4) is 0 Å². The summed E-state index contributed by atoms with van der Waals surface area (Å²) in [4.78, 5) is 13.8. The Morgan fingerprint density at radius 2 is 1.45 bits per heavy atom. The number of carboxylic acids is 1. The number of carboxylic acid groups (broad SMARTS) is 1. The van der Waals surface area contributed by atoms with E-state index >= 15 is 0 Å². The minimum atomic E-state index is -0.755. The first-order valence-corrected chi connectivity index (χ1v) is 7.88.